The summed E-state index contributed by atoms with van der Waals surface area (Å²) < 4.78 is 11.1. The highest BCUT2D eigenvalue weighted by Gasteiger charge is 2.25. The summed E-state index contributed by atoms with van der Waals surface area (Å²) in [5, 5.41) is 6.85. The molecule has 0 atom stereocenters. The Balaban J connectivity index is 1.74. The van der Waals surface area contributed by atoms with E-state index in [1.807, 2.05) is 0 Å². The van der Waals surface area contributed by atoms with Crippen LogP contribution in [-0.2, 0) is 9.47 Å². The molecule has 0 amide bonds. The predicted molar refractivity (Wildman–Crippen MR) is 83.3 cm³/mol. The standard InChI is InChI=1S/C15H33N3O2/c1-4-5-16-6-8-19-10-11-20-9-7-18-12-15(13-18)17-14(2)3/h14-17H,4-13H2,1-3H3. The lowest BCUT2D eigenvalue weighted by Gasteiger charge is -2.40. The van der Waals surface area contributed by atoms with Crippen molar-refractivity contribution < 1.29 is 9.47 Å². The van der Waals surface area contributed by atoms with E-state index in [1.165, 1.54) is 6.42 Å². The van der Waals surface area contributed by atoms with E-state index in [9.17, 15) is 0 Å². The van der Waals surface area contributed by atoms with Gasteiger partial charge in [0.1, 0.15) is 0 Å². The quantitative estimate of drug-likeness (QED) is 0.488. The van der Waals surface area contributed by atoms with Gasteiger partial charge >= 0.3 is 0 Å². The molecule has 0 bridgehead atoms. The summed E-state index contributed by atoms with van der Waals surface area (Å²) in [6.07, 6.45) is 1.17. The first kappa shape index (κ1) is 17.9. The molecule has 0 radical (unpaired) electrons. The molecule has 0 saturated carbocycles. The second kappa shape index (κ2) is 11.5. The zero-order valence-corrected chi connectivity index (χ0v) is 13.5. The number of hydrogen-bond donors (Lipinski definition) is 2. The summed E-state index contributed by atoms with van der Waals surface area (Å²) in [6, 6.07) is 1.26. The van der Waals surface area contributed by atoms with Gasteiger partial charge in [0.25, 0.3) is 0 Å². The maximum absolute atomic E-state index is 5.58. The van der Waals surface area contributed by atoms with Gasteiger partial charge in [-0.3, -0.25) is 4.90 Å². The topological polar surface area (TPSA) is 45.8 Å². The molecule has 0 aromatic carbocycles. The van der Waals surface area contributed by atoms with Crippen LogP contribution in [0.1, 0.15) is 27.2 Å². The van der Waals surface area contributed by atoms with Crippen molar-refractivity contribution in [1.82, 2.24) is 15.5 Å². The van der Waals surface area contributed by atoms with E-state index in [4.69, 9.17) is 9.47 Å². The summed E-state index contributed by atoms with van der Waals surface area (Å²) in [6.45, 7) is 14.9. The molecular formula is C15H33N3O2. The Morgan fingerprint density at radius 1 is 1.05 bits per heavy atom. The molecular weight excluding hydrogens is 254 g/mol. The third kappa shape index (κ3) is 8.87. The van der Waals surface area contributed by atoms with Gasteiger partial charge in [-0.15, -0.1) is 0 Å². The minimum atomic E-state index is 0.586. The zero-order chi connectivity index (χ0) is 14.6. The molecule has 0 unspecified atom stereocenters. The van der Waals surface area contributed by atoms with E-state index in [0.29, 0.717) is 25.3 Å². The summed E-state index contributed by atoms with van der Waals surface area (Å²) in [4.78, 5) is 2.43. The molecule has 1 aliphatic heterocycles. The van der Waals surface area contributed by atoms with Crippen molar-refractivity contribution >= 4 is 0 Å². The van der Waals surface area contributed by atoms with Crippen molar-refractivity contribution in [2.75, 3.05) is 59.2 Å². The third-order valence-corrected chi connectivity index (χ3v) is 3.30. The molecule has 0 aromatic heterocycles. The Hall–Kier alpha value is -0.200. The monoisotopic (exact) mass is 287 g/mol. The average molecular weight is 287 g/mol. The van der Waals surface area contributed by atoms with Crippen LogP contribution in [0.2, 0.25) is 0 Å². The van der Waals surface area contributed by atoms with Crippen LogP contribution in [0.4, 0.5) is 0 Å². The SMILES string of the molecule is CCCNCCOCCOCCN1CC(NC(C)C)C1. The molecule has 1 aliphatic rings. The van der Waals surface area contributed by atoms with E-state index in [2.05, 4.69) is 36.3 Å². The fourth-order valence-corrected chi connectivity index (χ4v) is 2.29. The van der Waals surface area contributed by atoms with Gasteiger partial charge in [0.05, 0.1) is 26.4 Å². The fourth-order valence-electron chi connectivity index (χ4n) is 2.29. The van der Waals surface area contributed by atoms with Gasteiger partial charge in [0, 0.05) is 38.3 Å². The number of nitrogens with one attached hydrogen (secondary N) is 2. The molecule has 1 heterocycles. The maximum Gasteiger partial charge on any atom is 0.0701 e. The molecule has 1 fully saturated rings. The molecule has 2 N–H and O–H groups in total. The van der Waals surface area contributed by atoms with Crippen LogP contribution in [0.25, 0.3) is 0 Å². The fraction of sp³-hybridized carbons (Fsp3) is 1.00. The van der Waals surface area contributed by atoms with Crippen LogP contribution in [0.15, 0.2) is 0 Å². The lowest BCUT2D eigenvalue weighted by atomic mass is 10.1. The summed E-state index contributed by atoms with van der Waals surface area (Å²) in [7, 11) is 0. The Morgan fingerprint density at radius 2 is 1.75 bits per heavy atom. The second-order valence-corrected chi connectivity index (χ2v) is 5.75. The maximum atomic E-state index is 5.58. The van der Waals surface area contributed by atoms with Gasteiger partial charge in [0.15, 0.2) is 0 Å². The Kier molecular flexibility index (Phi) is 10.2. The minimum absolute atomic E-state index is 0.586. The van der Waals surface area contributed by atoms with E-state index < -0.39 is 0 Å². The van der Waals surface area contributed by atoms with Crippen LogP contribution in [0.5, 0.6) is 0 Å². The molecule has 0 aromatic rings. The van der Waals surface area contributed by atoms with Gasteiger partial charge in [-0.1, -0.05) is 20.8 Å². The molecule has 0 aliphatic carbocycles. The van der Waals surface area contributed by atoms with E-state index in [1.54, 1.807) is 0 Å². The van der Waals surface area contributed by atoms with Crippen molar-refractivity contribution in [2.45, 2.75) is 39.3 Å². The molecule has 5 heteroatoms. The molecule has 20 heavy (non-hydrogen) atoms. The average Bonchev–Trinajstić information content (AvgIpc) is 2.37. The molecule has 1 saturated heterocycles. The first-order chi connectivity index (χ1) is 9.72. The molecule has 5 nitrogen and oxygen atoms in total. The second-order valence-electron chi connectivity index (χ2n) is 5.75. The molecule has 1 rings (SSSR count). The van der Waals surface area contributed by atoms with Gasteiger partial charge in [-0.25, -0.2) is 0 Å². The highest BCUT2D eigenvalue weighted by atomic mass is 16.5. The predicted octanol–water partition coefficient (Wildman–Crippen LogP) is 0.701. The first-order valence-electron chi connectivity index (χ1n) is 8.07. The number of hydrogen-bond acceptors (Lipinski definition) is 5. The van der Waals surface area contributed by atoms with Crippen LogP contribution in [0, 0.1) is 0 Å². The van der Waals surface area contributed by atoms with Crippen molar-refractivity contribution in [3.05, 3.63) is 0 Å². The van der Waals surface area contributed by atoms with Crippen molar-refractivity contribution in [3.63, 3.8) is 0 Å². The lowest BCUT2D eigenvalue weighted by molar-refractivity contribution is 0.0249. The number of ether oxygens (including phenoxy) is 2. The van der Waals surface area contributed by atoms with Gasteiger partial charge in [-0.2, -0.15) is 0 Å². The molecule has 120 valence electrons. The van der Waals surface area contributed by atoms with Gasteiger partial charge in [-0.05, 0) is 13.0 Å². The summed E-state index contributed by atoms with van der Waals surface area (Å²) >= 11 is 0. The largest absolute Gasteiger partial charge is 0.378 e. The van der Waals surface area contributed by atoms with Crippen molar-refractivity contribution in [3.8, 4) is 0 Å². The highest BCUT2D eigenvalue weighted by Crippen LogP contribution is 2.07. The normalized spacial score (nSPS) is 16.8. The Bertz CT molecular complexity index is 221. The van der Waals surface area contributed by atoms with E-state index in [-0.39, 0.29) is 0 Å². The minimum Gasteiger partial charge on any atom is -0.378 e. The number of rotatable bonds is 13. The van der Waals surface area contributed by atoms with Crippen LogP contribution in [-0.4, -0.2) is 76.1 Å². The number of likely N-dealkylation sites (tertiary alicyclic amines) is 1. The zero-order valence-electron chi connectivity index (χ0n) is 13.5. The van der Waals surface area contributed by atoms with E-state index >= 15 is 0 Å². The first-order valence-corrected chi connectivity index (χ1v) is 8.07. The lowest BCUT2D eigenvalue weighted by Crippen LogP contribution is -2.59. The van der Waals surface area contributed by atoms with Crippen LogP contribution >= 0.6 is 0 Å². The summed E-state index contributed by atoms with van der Waals surface area (Å²) in [5.41, 5.74) is 0. The van der Waals surface area contributed by atoms with Crippen molar-refractivity contribution in [1.29, 1.82) is 0 Å². The third-order valence-electron chi connectivity index (χ3n) is 3.30. The Labute approximate surface area is 124 Å². The van der Waals surface area contributed by atoms with Crippen LogP contribution < -0.4 is 10.6 Å². The molecule has 0 spiro atoms. The van der Waals surface area contributed by atoms with Gasteiger partial charge in [0.2, 0.25) is 0 Å². The number of nitrogens with zero attached hydrogens (tertiary/aromatic N) is 1. The smallest absolute Gasteiger partial charge is 0.0701 e. The van der Waals surface area contributed by atoms with Crippen molar-refractivity contribution in [2.24, 2.45) is 0 Å². The van der Waals surface area contributed by atoms with E-state index in [0.717, 1.165) is 45.9 Å². The van der Waals surface area contributed by atoms with Crippen LogP contribution in [0.3, 0.4) is 0 Å². The van der Waals surface area contributed by atoms with Gasteiger partial charge < -0.3 is 20.1 Å². The summed E-state index contributed by atoms with van der Waals surface area (Å²) in [5.74, 6) is 0. The Morgan fingerprint density at radius 3 is 2.40 bits per heavy atom. The highest BCUT2D eigenvalue weighted by molar-refractivity contribution is 4.86.